The molecule has 2 aliphatic rings. The zero-order valence-electron chi connectivity index (χ0n) is 14.8. The van der Waals surface area contributed by atoms with E-state index in [9.17, 15) is 9.18 Å². The second-order valence-electron chi connectivity index (χ2n) is 7.23. The predicted octanol–water partition coefficient (Wildman–Crippen LogP) is 5.64. The topological polar surface area (TPSA) is 38.3 Å². The number of hydrogen-bond donors (Lipinski definition) is 1. The third-order valence-corrected chi connectivity index (χ3v) is 5.76. The Hall–Kier alpha value is -2.92. The van der Waals surface area contributed by atoms with E-state index < -0.39 is 5.60 Å². The van der Waals surface area contributed by atoms with Crippen molar-refractivity contribution in [2.24, 2.45) is 0 Å². The molecule has 5 heteroatoms. The molecule has 0 saturated heterocycles. The third-order valence-electron chi connectivity index (χ3n) is 5.08. The van der Waals surface area contributed by atoms with Gasteiger partial charge >= 0.3 is 0 Å². The molecule has 134 valence electrons. The minimum Gasteiger partial charge on any atom is -0.482 e. The van der Waals surface area contributed by atoms with E-state index in [1.165, 1.54) is 12.1 Å². The highest BCUT2D eigenvalue weighted by atomic mass is 32.1. The van der Waals surface area contributed by atoms with Gasteiger partial charge in [-0.15, -0.1) is 0 Å². The molecule has 5 rings (SSSR count). The monoisotopic (exact) mass is 377 g/mol. The van der Waals surface area contributed by atoms with Crippen molar-refractivity contribution in [1.82, 2.24) is 0 Å². The van der Waals surface area contributed by atoms with E-state index in [2.05, 4.69) is 22.8 Å². The fourth-order valence-electron chi connectivity index (χ4n) is 3.76. The summed E-state index contributed by atoms with van der Waals surface area (Å²) in [7, 11) is 0. The van der Waals surface area contributed by atoms with Crippen LogP contribution in [-0.4, -0.2) is 5.91 Å². The highest BCUT2D eigenvalue weighted by molar-refractivity contribution is 7.08. The molecule has 27 heavy (non-hydrogen) atoms. The van der Waals surface area contributed by atoms with Gasteiger partial charge in [0.2, 0.25) is 0 Å². The van der Waals surface area contributed by atoms with Crippen LogP contribution in [0.4, 0.5) is 10.1 Å². The number of nitrogens with one attached hydrogen (secondary N) is 1. The molecule has 2 aromatic carbocycles. The van der Waals surface area contributed by atoms with Crippen molar-refractivity contribution in [3.63, 3.8) is 0 Å². The Morgan fingerprint density at radius 2 is 1.89 bits per heavy atom. The second-order valence-corrected chi connectivity index (χ2v) is 8.01. The van der Waals surface area contributed by atoms with Gasteiger partial charge < -0.3 is 10.1 Å². The molecule has 3 heterocycles. The predicted molar refractivity (Wildman–Crippen MR) is 106 cm³/mol. The van der Waals surface area contributed by atoms with Crippen molar-refractivity contribution in [3.8, 4) is 11.1 Å². The molecule has 1 N–H and O–H groups in total. The number of carbonyl (C=O) groups is 1. The fourth-order valence-corrected chi connectivity index (χ4v) is 4.43. The molecule has 0 radical (unpaired) electrons. The van der Waals surface area contributed by atoms with Crippen molar-refractivity contribution in [2.75, 3.05) is 5.32 Å². The lowest BCUT2D eigenvalue weighted by atomic mass is 9.91. The van der Waals surface area contributed by atoms with Gasteiger partial charge in [0.05, 0.1) is 5.57 Å². The Morgan fingerprint density at radius 3 is 2.67 bits per heavy atom. The zero-order valence-corrected chi connectivity index (χ0v) is 15.6. The average molecular weight is 377 g/mol. The maximum absolute atomic E-state index is 13.8. The Balaban J connectivity index is 1.73. The Bertz CT molecular complexity index is 1130. The lowest BCUT2D eigenvalue weighted by molar-refractivity contribution is -0.110. The molecule has 0 fully saturated rings. The molecule has 0 atom stereocenters. The maximum atomic E-state index is 13.8. The first-order valence-electron chi connectivity index (χ1n) is 8.66. The maximum Gasteiger partial charge on any atom is 0.260 e. The standard InChI is InChI=1S/C22H16FNO2S/c1-22(2)17-9-12(13-7-8-27-11-13)3-5-15(17)20(26-22)19-16-10-14(23)4-6-18(16)24-21(19)25/h3-11H,1-2H3,(H,24,25)/b20-19+. The molecule has 1 aromatic heterocycles. The van der Waals surface area contributed by atoms with E-state index in [4.69, 9.17) is 4.74 Å². The summed E-state index contributed by atoms with van der Waals surface area (Å²) in [4.78, 5) is 12.6. The van der Waals surface area contributed by atoms with Crippen LogP contribution in [0.2, 0.25) is 0 Å². The number of hydrogen-bond acceptors (Lipinski definition) is 3. The lowest BCUT2D eigenvalue weighted by Gasteiger charge is -2.20. The Kier molecular flexibility index (Phi) is 3.34. The van der Waals surface area contributed by atoms with Crippen LogP contribution in [0.15, 0.2) is 53.2 Å². The Labute approximate surface area is 160 Å². The third kappa shape index (κ3) is 2.42. The lowest BCUT2D eigenvalue weighted by Crippen LogP contribution is -2.15. The van der Waals surface area contributed by atoms with E-state index in [0.717, 1.165) is 22.3 Å². The fraction of sp³-hybridized carbons (Fsp3) is 0.136. The number of amides is 1. The van der Waals surface area contributed by atoms with Gasteiger partial charge in [0.15, 0.2) is 0 Å². The quantitative estimate of drug-likeness (QED) is 0.557. The van der Waals surface area contributed by atoms with E-state index in [-0.39, 0.29) is 11.7 Å². The number of halogens is 1. The van der Waals surface area contributed by atoms with Crippen LogP contribution in [-0.2, 0) is 15.1 Å². The van der Waals surface area contributed by atoms with Crippen molar-refractivity contribution < 1.29 is 13.9 Å². The number of fused-ring (bicyclic) bond motifs is 2. The van der Waals surface area contributed by atoms with Crippen molar-refractivity contribution in [1.29, 1.82) is 0 Å². The molecule has 2 aliphatic heterocycles. The summed E-state index contributed by atoms with van der Waals surface area (Å²) in [6.07, 6.45) is 0. The molecule has 0 aliphatic carbocycles. The summed E-state index contributed by atoms with van der Waals surface area (Å²) >= 11 is 1.65. The van der Waals surface area contributed by atoms with Gasteiger partial charge in [-0.3, -0.25) is 4.79 Å². The zero-order chi connectivity index (χ0) is 18.8. The van der Waals surface area contributed by atoms with Gasteiger partial charge in [-0.1, -0.05) is 12.1 Å². The van der Waals surface area contributed by atoms with Gasteiger partial charge in [-0.2, -0.15) is 11.3 Å². The minimum atomic E-state index is -0.583. The number of carbonyl (C=O) groups excluding carboxylic acids is 1. The molecule has 0 unspecified atom stereocenters. The summed E-state index contributed by atoms with van der Waals surface area (Å²) < 4.78 is 20.0. The van der Waals surface area contributed by atoms with Gasteiger partial charge in [0.25, 0.3) is 5.91 Å². The molecule has 1 amide bonds. The molecular weight excluding hydrogens is 361 g/mol. The Morgan fingerprint density at radius 1 is 1.04 bits per heavy atom. The first kappa shape index (κ1) is 16.3. The van der Waals surface area contributed by atoms with E-state index in [1.807, 2.05) is 31.4 Å². The second kappa shape index (κ2) is 5.54. The van der Waals surface area contributed by atoms with Crippen molar-refractivity contribution in [2.45, 2.75) is 19.4 Å². The van der Waals surface area contributed by atoms with Gasteiger partial charge in [-0.25, -0.2) is 4.39 Å². The van der Waals surface area contributed by atoms with Crippen LogP contribution in [0.3, 0.4) is 0 Å². The van der Waals surface area contributed by atoms with E-state index in [0.29, 0.717) is 22.6 Å². The number of anilines is 1. The van der Waals surface area contributed by atoms with Gasteiger partial charge in [0.1, 0.15) is 17.2 Å². The first-order chi connectivity index (χ1) is 12.9. The molecule has 0 bridgehead atoms. The smallest absolute Gasteiger partial charge is 0.260 e. The highest BCUT2D eigenvalue weighted by Gasteiger charge is 2.40. The number of rotatable bonds is 1. The van der Waals surface area contributed by atoms with E-state index in [1.54, 1.807) is 17.4 Å². The summed E-state index contributed by atoms with van der Waals surface area (Å²) in [5.74, 6) is -0.140. The van der Waals surface area contributed by atoms with Crippen molar-refractivity contribution >= 4 is 34.3 Å². The summed E-state index contributed by atoms with van der Waals surface area (Å²) in [6, 6.07) is 12.5. The van der Waals surface area contributed by atoms with Crippen LogP contribution < -0.4 is 5.32 Å². The van der Waals surface area contributed by atoms with Crippen molar-refractivity contribution in [3.05, 3.63) is 75.7 Å². The van der Waals surface area contributed by atoms with Crippen LogP contribution >= 0.6 is 11.3 Å². The van der Waals surface area contributed by atoms with Crippen LogP contribution in [0.1, 0.15) is 30.5 Å². The van der Waals surface area contributed by atoms with Gasteiger partial charge in [-0.05, 0) is 66.1 Å². The van der Waals surface area contributed by atoms with E-state index >= 15 is 0 Å². The highest BCUT2D eigenvalue weighted by Crippen LogP contribution is 2.49. The number of benzene rings is 2. The molecule has 3 nitrogen and oxygen atoms in total. The molecule has 0 saturated carbocycles. The molecule has 3 aromatic rings. The largest absolute Gasteiger partial charge is 0.482 e. The minimum absolute atomic E-state index is 0.267. The first-order valence-corrected chi connectivity index (χ1v) is 9.60. The average Bonchev–Trinajstić information content (AvgIpc) is 3.32. The number of thiophene rings is 1. The van der Waals surface area contributed by atoms with Crippen LogP contribution in [0.25, 0.3) is 22.5 Å². The number of ether oxygens (including phenoxy) is 1. The SMILES string of the molecule is CC1(C)O/C(=C2/C(=O)Nc3ccc(F)cc32)c2ccc(-c3ccsc3)cc21. The van der Waals surface area contributed by atoms with Crippen LogP contribution in [0.5, 0.6) is 0 Å². The van der Waals surface area contributed by atoms with Crippen LogP contribution in [0, 0.1) is 5.82 Å². The summed E-state index contributed by atoms with van der Waals surface area (Å²) in [6.45, 7) is 3.96. The summed E-state index contributed by atoms with van der Waals surface area (Å²) in [5, 5.41) is 6.95. The van der Waals surface area contributed by atoms with Gasteiger partial charge in [0, 0.05) is 22.4 Å². The molecule has 0 spiro atoms. The molecular formula is C22H16FNO2S. The normalized spacial score (nSPS) is 19.4. The summed E-state index contributed by atoms with van der Waals surface area (Å²) in [5.41, 5.74) is 5.12.